The van der Waals surface area contributed by atoms with Gasteiger partial charge in [0.1, 0.15) is 0 Å². The molecule has 0 amide bonds. The predicted molar refractivity (Wildman–Crippen MR) is 123 cm³/mol. The van der Waals surface area contributed by atoms with Gasteiger partial charge in [0.15, 0.2) is 5.65 Å². The molecular weight excluding hydrogens is 442 g/mol. The van der Waals surface area contributed by atoms with Crippen LogP contribution >= 0.6 is 0 Å². The van der Waals surface area contributed by atoms with Crippen molar-refractivity contribution in [3.63, 3.8) is 0 Å². The summed E-state index contributed by atoms with van der Waals surface area (Å²) in [4.78, 5) is 31.9. The van der Waals surface area contributed by atoms with E-state index in [0.717, 1.165) is 23.2 Å². The van der Waals surface area contributed by atoms with Gasteiger partial charge < -0.3 is 9.72 Å². The number of nitrogens with one attached hydrogen (secondary N) is 1. The zero-order valence-electron chi connectivity index (χ0n) is 19.3. The summed E-state index contributed by atoms with van der Waals surface area (Å²) in [6, 6.07) is 5.21. The zero-order chi connectivity index (χ0) is 24.0. The molecule has 4 heterocycles. The summed E-state index contributed by atoms with van der Waals surface area (Å²) in [6.07, 6.45) is 3.19. The van der Waals surface area contributed by atoms with Crippen molar-refractivity contribution in [3.05, 3.63) is 73.2 Å². The van der Waals surface area contributed by atoms with Crippen molar-refractivity contribution in [1.82, 2.24) is 19.6 Å². The molecule has 180 valence electrons. The molecule has 0 bridgehead atoms. The summed E-state index contributed by atoms with van der Waals surface area (Å²) in [6.45, 7) is 4.03. The third-order valence-corrected chi connectivity index (χ3v) is 7.35. The molecular formula is C25H28F2N4O3. The van der Waals surface area contributed by atoms with Gasteiger partial charge in [-0.25, -0.2) is 13.8 Å². The number of fused-ring (bicyclic) bond motifs is 1. The van der Waals surface area contributed by atoms with E-state index in [4.69, 9.17) is 9.84 Å². The molecule has 2 aliphatic rings. The number of rotatable bonds is 3. The molecule has 1 aliphatic carbocycles. The van der Waals surface area contributed by atoms with Crippen LogP contribution in [0.3, 0.4) is 0 Å². The monoisotopic (exact) mass is 470 g/mol. The van der Waals surface area contributed by atoms with Crippen molar-refractivity contribution in [3.8, 4) is 0 Å². The quantitative estimate of drug-likeness (QED) is 0.616. The van der Waals surface area contributed by atoms with Crippen LogP contribution in [0.4, 0.5) is 8.78 Å². The summed E-state index contributed by atoms with van der Waals surface area (Å²) in [5.74, 6) is -2.71. The fraction of sp³-hybridized carbons (Fsp3) is 0.520. The largest absolute Gasteiger partial charge is 0.373 e. The fourth-order valence-electron chi connectivity index (χ4n) is 5.12. The second-order valence-electron chi connectivity index (χ2n) is 9.58. The van der Waals surface area contributed by atoms with Crippen molar-refractivity contribution in [1.29, 1.82) is 0 Å². The number of hydrogen-bond acceptors (Lipinski definition) is 5. The Balaban J connectivity index is 1.56. The first-order valence-electron chi connectivity index (χ1n) is 11.8. The molecule has 0 spiro atoms. The molecule has 7 nitrogen and oxygen atoms in total. The first-order chi connectivity index (χ1) is 16.2. The first kappa shape index (κ1) is 22.8. The van der Waals surface area contributed by atoms with Crippen molar-refractivity contribution in [2.45, 2.75) is 76.2 Å². The minimum Gasteiger partial charge on any atom is -0.373 e. The van der Waals surface area contributed by atoms with Gasteiger partial charge in [-0.3, -0.25) is 9.59 Å². The highest BCUT2D eigenvalue weighted by atomic mass is 19.3. The van der Waals surface area contributed by atoms with Crippen LogP contribution in [-0.2, 0) is 4.74 Å². The molecule has 3 aromatic rings. The third kappa shape index (κ3) is 4.29. The fourth-order valence-corrected chi connectivity index (χ4v) is 5.12. The van der Waals surface area contributed by atoms with Gasteiger partial charge in [-0.05, 0) is 63.1 Å². The average Bonchev–Trinajstić information content (AvgIpc) is 2.83. The second kappa shape index (κ2) is 8.69. The predicted octanol–water partition coefficient (Wildman–Crippen LogP) is 4.32. The smallest absolute Gasteiger partial charge is 0.277 e. The first-order valence-corrected chi connectivity index (χ1v) is 11.8. The Morgan fingerprint density at radius 3 is 2.59 bits per heavy atom. The van der Waals surface area contributed by atoms with E-state index in [-0.39, 0.29) is 41.9 Å². The van der Waals surface area contributed by atoms with Gasteiger partial charge in [0.05, 0.1) is 11.8 Å². The number of pyridine rings is 1. The lowest BCUT2D eigenvalue weighted by Crippen LogP contribution is -2.28. The van der Waals surface area contributed by atoms with E-state index in [1.807, 2.05) is 6.07 Å². The minimum absolute atomic E-state index is 0.0207. The Bertz CT molecular complexity index is 1320. The second-order valence-corrected chi connectivity index (χ2v) is 9.58. The van der Waals surface area contributed by atoms with Crippen LogP contribution in [0.2, 0.25) is 0 Å². The van der Waals surface area contributed by atoms with E-state index in [0.29, 0.717) is 42.8 Å². The van der Waals surface area contributed by atoms with E-state index >= 15 is 0 Å². The molecule has 5 rings (SSSR count). The van der Waals surface area contributed by atoms with E-state index in [1.54, 1.807) is 26.1 Å². The van der Waals surface area contributed by atoms with Crippen LogP contribution in [0.1, 0.15) is 84.5 Å². The lowest BCUT2D eigenvalue weighted by molar-refractivity contribution is -0.0382. The normalized spacial score (nSPS) is 23.3. The van der Waals surface area contributed by atoms with E-state index < -0.39 is 5.92 Å². The van der Waals surface area contributed by atoms with Crippen molar-refractivity contribution < 1.29 is 13.5 Å². The number of nitrogens with zero attached hydrogens (tertiary/aromatic N) is 3. The highest BCUT2D eigenvalue weighted by Gasteiger charge is 2.37. The number of halogens is 2. The maximum absolute atomic E-state index is 13.9. The molecule has 1 saturated heterocycles. The summed E-state index contributed by atoms with van der Waals surface area (Å²) in [7, 11) is 0. The minimum atomic E-state index is -2.64. The van der Waals surface area contributed by atoms with Crippen molar-refractivity contribution in [2.24, 2.45) is 0 Å². The number of alkyl halides is 2. The van der Waals surface area contributed by atoms with Crippen LogP contribution in [0.25, 0.3) is 5.65 Å². The average molecular weight is 471 g/mol. The van der Waals surface area contributed by atoms with Crippen LogP contribution in [0.5, 0.6) is 0 Å². The summed E-state index contributed by atoms with van der Waals surface area (Å²) >= 11 is 0. The van der Waals surface area contributed by atoms with E-state index in [2.05, 4.69) is 9.97 Å². The molecule has 34 heavy (non-hydrogen) atoms. The number of hydrogen-bond donors (Lipinski definition) is 1. The van der Waals surface area contributed by atoms with Gasteiger partial charge in [-0.15, -0.1) is 0 Å². The lowest BCUT2D eigenvalue weighted by Gasteiger charge is -2.31. The van der Waals surface area contributed by atoms with Gasteiger partial charge in [0.2, 0.25) is 11.5 Å². The van der Waals surface area contributed by atoms with E-state index in [1.165, 1.54) is 10.6 Å². The summed E-state index contributed by atoms with van der Waals surface area (Å²) in [5.41, 5.74) is 3.69. The molecule has 9 heteroatoms. The van der Waals surface area contributed by atoms with Gasteiger partial charge in [0.25, 0.3) is 5.56 Å². The standard InChI is InChI=1S/C25H28F2N4O3/c1-14-15(2)29-23-19(16-5-8-25(26,27)9-6-16)12-20(30-31(23)24(14)33)17-7-10-34-21(11-17)18-3-4-22(32)28-13-18/h3-4,12-13,16-17,21H,5-11H2,1-2H3,(H,28,32)/t17-,21+/m0/s1. The Kier molecular flexibility index (Phi) is 5.83. The highest BCUT2D eigenvalue weighted by Crippen LogP contribution is 2.43. The Morgan fingerprint density at radius 1 is 1.12 bits per heavy atom. The Labute approximate surface area is 195 Å². The molecule has 1 aliphatic heterocycles. The number of H-pyrrole nitrogens is 1. The lowest BCUT2D eigenvalue weighted by atomic mass is 9.81. The maximum atomic E-state index is 13.9. The maximum Gasteiger partial charge on any atom is 0.277 e. The van der Waals surface area contributed by atoms with Gasteiger partial charge in [-0.1, -0.05) is 0 Å². The molecule has 0 unspecified atom stereocenters. The Morgan fingerprint density at radius 2 is 1.88 bits per heavy atom. The SMILES string of the molecule is Cc1nc2c(C3CCC(F)(F)CC3)cc([C@H]3CCO[C@@H](c4ccc(=O)[nH]c4)C3)nn2c(=O)c1C. The Hall–Kier alpha value is -2.94. The van der Waals surface area contributed by atoms with Crippen LogP contribution in [-0.4, -0.2) is 32.1 Å². The van der Waals surface area contributed by atoms with Gasteiger partial charge in [0, 0.05) is 54.5 Å². The van der Waals surface area contributed by atoms with Crippen molar-refractivity contribution >= 4 is 5.65 Å². The third-order valence-electron chi connectivity index (χ3n) is 7.35. The van der Waals surface area contributed by atoms with Crippen LogP contribution in [0.15, 0.2) is 34.0 Å². The number of aromatic amines is 1. The summed E-state index contributed by atoms with van der Waals surface area (Å²) < 4.78 is 35.1. The van der Waals surface area contributed by atoms with Gasteiger partial charge in [-0.2, -0.15) is 9.61 Å². The molecule has 2 atom stereocenters. The van der Waals surface area contributed by atoms with Crippen molar-refractivity contribution in [2.75, 3.05) is 6.61 Å². The molecule has 3 aromatic heterocycles. The van der Waals surface area contributed by atoms with E-state index in [9.17, 15) is 18.4 Å². The van der Waals surface area contributed by atoms with Crippen LogP contribution in [0, 0.1) is 13.8 Å². The topological polar surface area (TPSA) is 89.3 Å². The van der Waals surface area contributed by atoms with Gasteiger partial charge >= 0.3 is 0 Å². The summed E-state index contributed by atoms with van der Waals surface area (Å²) in [5, 5.41) is 4.71. The molecule has 0 radical (unpaired) electrons. The molecule has 1 saturated carbocycles. The number of aromatic nitrogens is 4. The zero-order valence-corrected chi connectivity index (χ0v) is 19.3. The molecule has 2 fully saturated rings. The molecule has 1 N–H and O–H groups in total. The molecule has 0 aromatic carbocycles. The number of aryl methyl sites for hydroxylation is 1. The van der Waals surface area contributed by atoms with Crippen LogP contribution < -0.4 is 11.1 Å². The highest BCUT2D eigenvalue weighted by molar-refractivity contribution is 5.51. The number of ether oxygens (including phenoxy) is 1.